The average molecular weight is 428 g/mol. The number of rotatable bonds is 7. The molecule has 1 fully saturated rings. The van der Waals surface area contributed by atoms with Gasteiger partial charge in [0.1, 0.15) is 18.9 Å². The highest BCUT2D eigenvalue weighted by atomic mass is 35.5. The second kappa shape index (κ2) is 9.31. The molecular weight excluding hydrogens is 409 g/mol. The molecule has 0 unspecified atom stereocenters. The van der Waals surface area contributed by atoms with Gasteiger partial charge >= 0.3 is 11.7 Å². The third-order valence-electron chi connectivity index (χ3n) is 4.37. The molecule has 1 saturated heterocycles. The molecule has 2 heterocycles. The van der Waals surface area contributed by atoms with E-state index in [1.165, 1.54) is 0 Å². The van der Waals surface area contributed by atoms with E-state index in [0.29, 0.717) is 5.02 Å². The summed E-state index contributed by atoms with van der Waals surface area (Å²) in [6.07, 6.45) is -1.25. The number of esters is 1. The molecule has 29 heavy (non-hydrogen) atoms. The van der Waals surface area contributed by atoms with Crippen LogP contribution in [-0.2, 0) is 25.6 Å². The molecular formula is C18H19ClFN3O6. The summed E-state index contributed by atoms with van der Waals surface area (Å²) in [6.45, 7) is -0.233. The minimum absolute atomic E-state index is 0.154. The van der Waals surface area contributed by atoms with Crippen molar-refractivity contribution in [3.05, 3.63) is 67.7 Å². The largest absolute Gasteiger partial charge is 0.462 e. The number of carbonyl (C=O) groups is 1. The van der Waals surface area contributed by atoms with Crippen molar-refractivity contribution >= 4 is 17.6 Å². The van der Waals surface area contributed by atoms with Gasteiger partial charge in [0.25, 0.3) is 5.56 Å². The SMILES string of the molecule is NCC(=O)OC[C@H]1O[C@@H](n2cc(F)c(=O)[nH]c2=O)C[C@@H]1OCc1ccc(Cl)cc1. The first-order valence-electron chi connectivity index (χ1n) is 8.75. The molecule has 156 valence electrons. The molecule has 3 atom stereocenters. The number of hydrogen-bond acceptors (Lipinski definition) is 7. The predicted molar refractivity (Wildman–Crippen MR) is 99.9 cm³/mol. The standard InChI is InChI=1S/C18H19ClFN3O6/c19-11-3-1-10(2-4-11)8-27-13-5-15(29-14(13)9-28-16(24)6-21)23-7-12(20)17(25)22-18(23)26/h1-4,7,13-15H,5-6,8-9,21H2,(H,22,25,26)/t13-,14+,15+/m0/s1. The smallest absolute Gasteiger partial charge is 0.330 e. The van der Waals surface area contributed by atoms with E-state index in [-0.39, 0.29) is 26.2 Å². The fourth-order valence-electron chi connectivity index (χ4n) is 2.89. The zero-order valence-electron chi connectivity index (χ0n) is 15.2. The van der Waals surface area contributed by atoms with E-state index in [4.69, 9.17) is 31.5 Å². The fraction of sp³-hybridized carbons (Fsp3) is 0.389. The number of ether oxygens (including phenoxy) is 3. The van der Waals surface area contributed by atoms with Gasteiger partial charge in [-0.25, -0.2) is 4.79 Å². The molecule has 0 radical (unpaired) electrons. The number of halogens is 2. The number of carbonyl (C=O) groups excluding carboxylic acids is 1. The summed E-state index contributed by atoms with van der Waals surface area (Å²) in [5, 5.41) is 0.587. The van der Waals surface area contributed by atoms with Gasteiger partial charge in [0, 0.05) is 11.4 Å². The van der Waals surface area contributed by atoms with Gasteiger partial charge in [-0.1, -0.05) is 23.7 Å². The monoisotopic (exact) mass is 427 g/mol. The molecule has 11 heteroatoms. The summed E-state index contributed by atoms with van der Waals surface area (Å²) in [6, 6.07) is 7.02. The highest BCUT2D eigenvalue weighted by Crippen LogP contribution is 2.31. The van der Waals surface area contributed by atoms with Crippen molar-refractivity contribution in [2.45, 2.75) is 31.5 Å². The molecule has 1 aromatic carbocycles. The molecule has 1 aliphatic heterocycles. The Morgan fingerprint density at radius 2 is 2.07 bits per heavy atom. The highest BCUT2D eigenvalue weighted by Gasteiger charge is 2.38. The van der Waals surface area contributed by atoms with E-state index in [1.54, 1.807) is 24.3 Å². The summed E-state index contributed by atoms with van der Waals surface area (Å²) in [4.78, 5) is 36.5. The van der Waals surface area contributed by atoms with Crippen LogP contribution in [0.3, 0.4) is 0 Å². The lowest BCUT2D eigenvalue weighted by Crippen LogP contribution is -2.34. The van der Waals surface area contributed by atoms with Gasteiger partial charge in [0.15, 0.2) is 0 Å². The van der Waals surface area contributed by atoms with Crippen molar-refractivity contribution in [1.29, 1.82) is 0 Å². The Hall–Kier alpha value is -2.53. The molecule has 0 bridgehead atoms. The third-order valence-corrected chi connectivity index (χ3v) is 4.62. The number of aromatic nitrogens is 2. The van der Waals surface area contributed by atoms with Gasteiger partial charge in [0.2, 0.25) is 5.82 Å². The van der Waals surface area contributed by atoms with Crippen LogP contribution < -0.4 is 17.0 Å². The topological polar surface area (TPSA) is 126 Å². The third kappa shape index (κ3) is 5.30. The minimum atomic E-state index is -1.12. The molecule has 0 spiro atoms. The minimum Gasteiger partial charge on any atom is -0.462 e. The quantitative estimate of drug-likeness (QED) is 0.623. The number of nitrogens with zero attached hydrogens (tertiary/aromatic N) is 1. The van der Waals surface area contributed by atoms with Crippen molar-refractivity contribution in [2.75, 3.05) is 13.2 Å². The van der Waals surface area contributed by atoms with E-state index in [0.717, 1.165) is 16.3 Å². The van der Waals surface area contributed by atoms with Crippen LogP contribution in [0.5, 0.6) is 0 Å². The molecule has 0 saturated carbocycles. The second-order valence-electron chi connectivity index (χ2n) is 6.37. The highest BCUT2D eigenvalue weighted by molar-refractivity contribution is 6.30. The Balaban J connectivity index is 1.75. The number of aromatic amines is 1. The maximum Gasteiger partial charge on any atom is 0.330 e. The van der Waals surface area contributed by atoms with Crippen molar-refractivity contribution in [3.63, 3.8) is 0 Å². The molecule has 0 aliphatic carbocycles. The van der Waals surface area contributed by atoms with Crippen molar-refractivity contribution < 1.29 is 23.4 Å². The summed E-state index contributed by atoms with van der Waals surface area (Å²) >= 11 is 5.86. The van der Waals surface area contributed by atoms with Crippen LogP contribution in [-0.4, -0.2) is 40.9 Å². The lowest BCUT2D eigenvalue weighted by Gasteiger charge is -2.19. The zero-order chi connectivity index (χ0) is 21.0. The van der Waals surface area contributed by atoms with Crippen molar-refractivity contribution in [3.8, 4) is 0 Å². The first kappa shape index (κ1) is 21.2. The van der Waals surface area contributed by atoms with Crippen LogP contribution in [0.1, 0.15) is 18.2 Å². The molecule has 0 amide bonds. The van der Waals surface area contributed by atoms with Gasteiger partial charge in [-0.3, -0.25) is 19.1 Å². The number of nitrogens with one attached hydrogen (secondary N) is 1. The van der Waals surface area contributed by atoms with Crippen molar-refractivity contribution in [2.24, 2.45) is 5.73 Å². The van der Waals surface area contributed by atoms with E-state index >= 15 is 0 Å². The molecule has 3 N–H and O–H groups in total. The van der Waals surface area contributed by atoms with Gasteiger partial charge in [0.05, 0.1) is 25.5 Å². The predicted octanol–water partition coefficient (Wildman–Crippen LogP) is 0.704. The van der Waals surface area contributed by atoms with E-state index < -0.39 is 41.5 Å². The number of hydrogen-bond donors (Lipinski definition) is 2. The Kier molecular flexibility index (Phi) is 6.80. The number of benzene rings is 1. The average Bonchev–Trinajstić information content (AvgIpc) is 3.11. The fourth-order valence-corrected chi connectivity index (χ4v) is 3.02. The molecule has 1 aromatic heterocycles. The Morgan fingerprint density at radius 1 is 1.34 bits per heavy atom. The van der Waals surface area contributed by atoms with Gasteiger partial charge in [-0.15, -0.1) is 0 Å². The maximum atomic E-state index is 13.6. The first-order valence-corrected chi connectivity index (χ1v) is 9.13. The Morgan fingerprint density at radius 3 is 2.76 bits per heavy atom. The van der Waals surface area contributed by atoms with Crippen LogP contribution in [0.2, 0.25) is 5.02 Å². The second-order valence-corrected chi connectivity index (χ2v) is 6.81. The summed E-state index contributed by atoms with van der Waals surface area (Å²) < 4.78 is 31.2. The maximum absolute atomic E-state index is 13.6. The summed E-state index contributed by atoms with van der Waals surface area (Å²) in [5.74, 6) is -1.74. The molecule has 1 aliphatic rings. The van der Waals surface area contributed by atoms with Gasteiger partial charge in [-0.05, 0) is 17.7 Å². The van der Waals surface area contributed by atoms with Gasteiger partial charge in [-0.2, -0.15) is 4.39 Å². The van der Waals surface area contributed by atoms with E-state index in [1.807, 2.05) is 4.98 Å². The molecule has 2 aromatic rings. The Labute approximate surface area is 169 Å². The van der Waals surface area contributed by atoms with Gasteiger partial charge < -0.3 is 19.9 Å². The van der Waals surface area contributed by atoms with E-state index in [9.17, 15) is 18.8 Å². The van der Waals surface area contributed by atoms with E-state index in [2.05, 4.69) is 0 Å². The first-order chi connectivity index (χ1) is 13.9. The molecule has 3 rings (SSSR count). The lowest BCUT2D eigenvalue weighted by molar-refractivity contribution is -0.149. The molecule has 9 nitrogen and oxygen atoms in total. The van der Waals surface area contributed by atoms with Crippen LogP contribution in [0.15, 0.2) is 40.1 Å². The van der Waals surface area contributed by atoms with Crippen LogP contribution in [0.4, 0.5) is 4.39 Å². The summed E-state index contributed by atoms with van der Waals surface area (Å²) in [5.41, 5.74) is 4.14. The van der Waals surface area contributed by atoms with Crippen LogP contribution in [0.25, 0.3) is 0 Å². The van der Waals surface area contributed by atoms with Crippen LogP contribution in [0, 0.1) is 5.82 Å². The number of H-pyrrole nitrogens is 1. The number of nitrogens with two attached hydrogens (primary N) is 1. The summed E-state index contributed by atoms with van der Waals surface area (Å²) in [7, 11) is 0. The lowest BCUT2D eigenvalue weighted by atomic mass is 10.1. The normalized spacial score (nSPS) is 21.3. The van der Waals surface area contributed by atoms with Crippen molar-refractivity contribution in [1.82, 2.24) is 9.55 Å². The zero-order valence-corrected chi connectivity index (χ0v) is 15.9. The van der Waals surface area contributed by atoms with Crippen LogP contribution >= 0.6 is 11.6 Å². The Bertz CT molecular complexity index is 977.